The van der Waals surface area contributed by atoms with Crippen molar-refractivity contribution >= 4 is 11.8 Å². The van der Waals surface area contributed by atoms with Gasteiger partial charge in [-0.1, -0.05) is 48.0 Å². The highest BCUT2D eigenvalue weighted by Gasteiger charge is 2.49. The Morgan fingerprint density at radius 2 is 2.00 bits per heavy atom. The Hall–Kier alpha value is -3.61. The van der Waals surface area contributed by atoms with Crippen molar-refractivity contribution in [1.82, 2.24) is 15.4 Å². The highest BCUT2D eigenvalue weighted by atomic mass is 16.5. The zero-order valence-electron chi connectivity index (χ0n) is 20.3. The van der Waals surface area contributed by atoms with Gasteiger partial charge in [-0.3, -0.25) is 9.59 Å². The standard InChI is InChI=1S/C28H31N3O4/c1-19-24(20(2)35-30-19)17-34-23-12-8-11-22(15-23)27(33)31-16-25(21-9-4-3-5-10-21)28(18-31)14-7-6-13-26(32)29-28/h3-5,8-12,15,25H,6-7,13-14,16-18H2,1-2H3,(H,29,32)/t25-,28+/m0/s1. The minimum absolute atomic E-state index is 0.0497. The van der Waals surface area contributed by atoms with E-state index in [9.17, 15) is 9.59 Å². The van der Waals surface area contributed by atoms with Crippen LogP contribution in [-0.4, -0.2) is 40.5 Å². The number of carbonyl (C=O) groups is 2. The van der Waals surface area contributed by atoms with Crippen LogP contribution in [0, 0.1) is 13.8 Å². The van der Waals surface area contributed by atoms with Gasteiger partial charge in [-0.15, -0.1) is 0 Å². The molecule has 0 aliphatic carbocycles. The number of carbonyl (C=O) groups excluding carboxylic acids is 2. The van der Waals surface area contributed by atoms with Crippen LogP contribution in [0.15, 0.2) is 59.1 Å². The normalized spacial score (nSPS) is 22.2. The van der Waals surface area contributed by atoms with Crippen LogP contribution in [0.1, 0.15) is 64.5 Å². The van der Waals surface area contributed by atoms with E-state index < -0.39 is 5.54 Å². The Morgan fingerprint density at radius 3 is 2.77 bits per heavy atom. The Morgan fingerprint density at radius 1 is 1.17 bits per heavy atom. The fourth-order valence-electron chi connectivity index (χ4n) is 5.45. The number of aromatic nitrogens is 1. The first-order valence-corrected chi connectivity index (χ1v) is 12.2. The third-order valence-corrected chi connectivity index (χ3v) is 7.34. The second-order valence-electron chi connectivity index (χ2n) is 9.68. The molecule has 2 fully saturated rings. The summed E-state index contributed by atoms with van der Waals surface area (Å²) in [7, 11) is 0. The molecule has 0 bridgehead atoms. The molecule has 5 rings (SSSR count). The van der Waals surface area contributed by atoms with E-state index in [1.807, 2.05) is 55.1 Å². The molecule has 182 valence electrons. The maximum atomic E-state index is 13.6. The van der Waals surface area contributed by atoms with E-state index in [0.717, 1.165) is 41.8 Å². The van der Waals surface area contributed by atoms with Gasteiger partial charge in [0.05, 0.1) is 16.8 Å². The third kappa shape index (κ3) is 4.67. The lowest BCUT2D eigenvalue weighted by Crippen LogP contribution is -2.52. The highest BCUT2D eigenvalue weighted by Crippen LogP contribution is 2.41. The van der Waals surface area contributed by atoms with Gasteiger partial charge in [0.25, 0.3) is 5.91 Å². The van der Waals surface area contributed by atoms with Gasteiger partial charge >= 0.3 is 0 Å². The minimum atomic E-state index is -0.442. The molecule has 2 aliphatic heterocycles. The predicted octanol–water partition coefficient (Wildman–Crippen LogP) is 4.54. The molecule has 2 aliphatic rings. The van der Waals surface area contributed by atoms with Crippen LogP contribution in [0.25, 0.3) is 0 Å². The van der Waals surface area contributed by atoms with Crippen molar-refractivity contribution in [2.24, 2.45) is 0 Å². The van der Waals surface area contributed by atoms with E-state index in [0.29, 0.717) is 37.4 Å². The summed E-state index contributed by atoms with van der Waals surface area (Å²) in [6.45, 7) is 5.13. The summed E-state index contributed by atoms with van der Waals surface area (Å²) in [5, 5.41) is 7.29. The Labute approximate surface area is 205 Å². The summed E-state index contributed by atoms with van der Waals surface area (Å²) in [5.41, 5.74) is 3.00. The number of likely N-dealkylation sites (tertiary alicyclic amines) is 1. The van der Waals surface area contributed by atoms with E-state index in [1.54, 1.807) is 6.07 Å². The summed E-state index contributed by atoms with van der Waals surface area (Å²) in [5.74, 6) is 1.42. The second-order valence-corrected chi connectivity index (χ2v) is 9.68. The molecule has 0 saturated carbocycles. The molecule has 3 aromatic rings. The molecule has 3 heterocycles. The summed E-state index contributed by atoms with van der Waals surface area (Å²) in [6.07, 6.45) is 3.26. The molecule has 2 atom stereocenters. The Bertz CT molecular complexity index is 1200. The molecule has 2 aromatic carbocycles. The molecule has 1 spiro atoms. The van der Waals surface area contributed by atoms with Gasteiger partial charge in [-0.25, -0.2) is 0 Å². The molecule has 35 heavy (non-hydrogen) atoms. The van der Waals surface area contributed by atoms with Crippen molar-refractivity contribution in [3.63, 3.8) is 0 Å². The SMILES string of the molecule is Cc1noc(C)c1COc1cccc(C(=O)N2C[C@@H](c3ccccc3)[C@@]3(CCCCC(=O)N3)C2)c1. The van der Waals surface area contributed by atoms with Crippen LogP contribution in [0.4, 0.5) is 0 Å². The second kappa shape index (κ2) is 9.56. The zero-order valence-corrected chi connectivity index (χ0v) is 20.3. The van der Waals surface area contributed by atoms with Gasteiger partial charge in [-0.2, -0.15) is 0 Å². The maximum absolute atomic E-state index is 13.6. The van der Waals surface area contributed by atoms with E-state index in [4.69, 9.17) is 9.26 Å². The number of hydrogen-bond donors (Lipinski definition) is 1. The van der Waals surface area contributed by atoms with E-state index in [1.165, 1.54) is 0 Å². The van der Waals surface area contributed by atoms with Crippen molar-refractivity contribution in [3.8, 4) is 5.75 Å². The molecule has 1 aromatic heterocycles. The molecular formula is C28H31N3O4. The van der Waals surface area contributed by atoms with E-state index in [2.05, 4.69) is 22.6 Å². The van der Waals surface area contributed by atoms with Crippen molar-refractivity contribution in [2.75, 3.05) is 13.1 Å². The number of nitrogens with zero attached hydrogens (tertiary/aromatic N) is 2. The lowest BCUT2D eigenvalue weighted by Gasteiger charge is -2.34. The van der Waals surface area contributed by atoms with Gasteiger partial charge < -0.3 is 19.5 Å². The number of ether oxygens (including phenoxy) is 1. The van der Waals surface area contributed by atoms with Gasteiger partial charge in [0, 0.05) is 31.0 Å². The predicted molar refractivity (Wildman–Crippen MR) is 131 cm³/mol. The number of aryl methyl sites for hydroxylation is 2. The van der Waals surface area contributed by atoms with Crippen molar-refractivity contribution in [2.45, 2.75) is 57.6 Å². The van der Waals surface area contributed by atoms with Crippen LogP contribution in [-0.2, 0) is 11.4 Å². The fraction of sp³-hybridized carbons (Fsp3) is 0.393. The molecule has 2 saturated heterocycles. The van der Waals surface area contributed by atoms with Gasteiger partial charge in [-0.05, 0) is 50.5 Å². The number of rotatable bonds is 5. The first kappa shape index (κ1) is 23.1. The molecule has 0 radical (unpaired) electrons. The smallest absolute Gasteiger partial charge is 0.254 e. The lowest BCUT2D eigenvalue weighted by molar-refractivity contribution is -0.122. The zero-order chi connectivity index (χ0) is 24.4. The number of hydrogen-bond acceptors (Lipinski definition) is 5. The number of benzene rings is 2. The Balaban J connectivity index is 1.37. The summed E-state index contributed by atoms with van der Waals surface area (Å²) in [6, 6.07) is 17.5. The number of nitrogens with one attached hydrogen (secondary N) is 1. The van der Waals surface area contributed by atoms with Crippen LogP contribution in [0.5, 0.6) is 5.75 Å². The molecule has 7 heteroatoms. The Kier molecular flexibility index (Phi) is 6.32. The first-order valence-electron chi connectivity index (χ1n) is 12.2. The fourth-order valence-corrected chi connectivity index (χ4v) is 5.45. The summed E-state index contributed by atoms with van der Waals surface area (Å²) in [4.78, 5) is 28.1. The van der Waals surface area contributed by atoms with Crippen molar-refractivity contribution in [1.29, 1.82) is 0 Å². The molecule has 0 unspecified atom stereocenters. The van der Waals surface area contributed by atoms with Crippen molar-refractivity contribution < 1.29 is 18.8 Å². The summed E-state index contributed by atoms with van der Waals surface area (Å²) >= 11 is 0. The maximum Gasteiger partial charge on any atom is 0.254 e. The lowest BCUT2D eigenvalue weighted by atomic mass is 9.79. The molecule has 2 amide bonds. The third-order valence-electron chi connectivity index (χ3n) is 7.34. The molecular weight excluding hydrogens is 442 g/mol. The largest absolute Gasteiger partial charge is 0.489 e. The van der Waals surface area contributed by atoms with Crippen LogP contribution in [0.2, 0.25) is 0 Å². The highest BCUT2D eigenvalue weighted by molar-refractivity contribution is 5.95. The van der Waals surface area contributed by atoms with Crippen LogP contribution >= 0.6 is 0 Å². The average Bonchev–Trinajstić information content (AvgIpc) is 3.32. The quantitative estimate of drug-likeness (QED) is 0.588. The van der Waals surface area contributed by atoms with Crippen LogP contribution < -0.4 is 10.1 Å². The van der Waals surface area contributed by atoms with Gasteiger partial charge in [0.15, 0.2) is 0 Å². The van der Waals surface area contributed by atoms with E-state index >= 15 is 0 Å². The monoisotopic (exact) mass is 473 g/mol. The summed E-state index contributed by atoms with van der Waals surface area (Å²) < 4.78 is 11.2. The van der Waals surface area contributed by atoms with Crippen LogP contribution in [0.3, 0.4) is 0 Å². The average molecular weight is 474 g/mol. The first-order chi connectivity index (χ1) is 16.9. The van der Waals surface area contributed by atoms with Gasteiger partial charge in [0.2, 0.25) is 5.91 Å². The van der Waals surface area contributed by atoms with Gasteiger partial charge in [0.1, 0.15) is 18.1 Å². The minimum Gasteiger partial charge on any atom is -0.489 e. The van der Waals surface area contributed by atoms with E-state index in [-0.39, 0.29) is 17.7 Å². The topological polar surface area (TPSA) is 84.7 Å². The van der Waals surface area contributed by atoms with Crippen molar-refractivity contribution in [3.05, 3.63) is 82.7 Å². The number of amides is 2. The molecule has 7 nitrogen and oxygen atoms in total. The molecule has 1 N–H and O–H groups in total.